The summed E-state index contributed by atoms with van der Waals surface area (Å²) in [4.78, 5) is 11.0. The number of anilines is 1. The molecule has 1 unspecified atom stereocenters. The molecule has 1 atom stereocenters. The van der Waals surface area contributed by atoms with Gasteiger partial charge in [0, 0.05) is 25.2 Å². The monoisotopic (exact) mass is 235 g/mol. The summed E-state index contributed by atoms with van der Waals surface area (Å²) < 4.78 is 0. The van der Waals surface area contributed by atoms with Crippen LogP contribution in [0.1, 0.15) is 45.4 Å². The predicted octanol–water partition coefficient (Wildman–Crippen LogP) is 1.95. The second kappa shape index (κ2) is 4.61. The Hall–Kier alpha value is -1.16. The molecule has 1 fully saturated rings. The van der Waals surface area contributed by atoms with Crippen molar-refractivity contribution in [1.82, 2.24) is 9.97 Å². The number of nitrogens with zero attached hydrogens (tertiary/aromatic N) is 3. The van der Waals surface area contributed by atoms with Gasteiger partial charge in [-0.25, -0.2) is 9.97 Å². The molecule has 4 heteroatoms. The van der Waals surface area contributed by atoms with Crippen molar-refractivity contribution in [3.05, 3.63) is 18.1 Å². The summed E-state index contributed by atoms with van der Waals surface area (Å²) in [5.41, 5.74) is -0.539. The summed E-state index contributed by atoms with van der Waals surface area (Å²) in [6.07, 6.45) is 3.43. The Bertz CT molecular complexity index is 394. The Morgan fingerprint density at radius 2 is 2.29 bits per heavy atom. The second-order valence-corrected chi connectivity index (χ2v) is 5.18. The van der Waals surface area contributed by atoms with Gasteiger partial charge in [0.15, 0.2) is 0 Å². The lowest BCUT2D eigenvalue weighted by atomic mass is 10.0. The number of aromatic nitrogens is 2. The first kappa shape index (κ1) is 12.3. The van der Waals surface area contributed by atoms with Crippen LogP contribution in [0.25, 0.3) is 0 Å². The van der Waals surface area contributed by atoms with E-state index in [4.69, 9.17) is 0 Å². The lowest BCUT2D eigenvalue weighted by Crippen LogP contribution is -2.32. The van der Waals surface area contributed by atoms with Gasteiger partial charge in [0.2, 0.25) is 0 Å². The number of hydrogen-bond donors (Lipinski definition) is 1. The summed E-state index contributed by atoms with van der Waals surface area (Å²) in [6.45, 7) is 7.76. The summed E-state index contributed by atoms with van der Waals surface area (Å²) in [5, 5.41) is 10.2. The molecule has 1 aliphatic rings. The van der Waals surface area contributed by atoms with Crippen LogP contribution in [0.4, 0.5) is 5.82 Å². The Morgan fingerprint density at radius 3 is 2.88 bits per heavy atom. The molecule has 0 bridgehead atoms. The second-order valence-electron chi connectivity index (χ2n) is 5.18. The lowest BCUT2D eigenvalue weighted by Gasteiger charge is -2.22. The van der Waals surface area contributed by atoms with E-state index in [-0.39, 0.29) is 0 Å². The Balaban J connectivity index is 2.16. The molecule has 0 aromatic carbocycles. The molecule has 0 aliphatic carbocycles. The molecule has 1 saturated heterocycles. The predicted molar refractivity (Wildman–Crippen MR) is 68.2 cm³/mol. The fourth-order valence-electron chi connectivity index (χ4n) is 2.16. The van der Waals surface area contributed by atoms with Gasteiger partial charge in [-0.2, -0.15) is 0 Å². The smallest absolute Gasteiger partial charge is 0.133 e. The van der Waals surface area contributed by atoms with Crippen LogP contribution >= 0.6 is 0 Å². The first-order valence-corrected chi connectivity index (χ1v) is 6.34. The molecule has 1 aliphatic heterocycles. The van der Waals surface area contributed by atoms with Gasteiger partial charge in [-0.05, 0) is 18.9 Å². The fraction of sp³-hybridized carbons (Fsp3) is 0.692. The van der Waals surface area contributed by atoms with Crippen molar-refractivity contribution in [2.45, 2.75) is 45.1 Å². The van der Waals surface area contributed by atoms with E-state index in [2.05, 4.69) is 28.7 Å². The van der Waals surface area contributed by atoms with Crippen LogP contribution < -0.4 is 4.90 Å². The van der Waals surface area contributed by atoms with Crippen molar-refractivity contribution < 1.29 is 5.11 Å². The van der Waals surface area contributed by atoms with Crippen LogP contribution in [0.2, 0.25) is 0 Å². The van der Waals surface area contributed by atoms with E-state index in [0.717, 1.165) is 31.0 Å². The lowest BCUT2D eigenvalue weighted by molar-refractivity contribution is 0.0593. The van der Waals surface area contributed by atoms with Crippen LogP contribution in [0.15, 0.2) is 12.3 Å². The standard InChI is InChI=1S/C13H21N3O/c1-4-13(17)6-8-16(9-13)11-5-7-14-12(15-11)10(2)3/h5,7,10,17H,4,6,8-9H2,1-3H3. The molecule has 1 aromatic heterocycles. The molecule has 94 valence electrons. The van der Waals surface area contributed by atoms with Gasteiger partial charge in [0.1, 0.15) is 11.6 Å². The van der Waals surface area contributed by atoms with Gasteiger partial charge < -0.3 is 10.0 Å². The third kappa shape index (κ3) is 2.57. The molecular formula is C13H21N3O. The third-order valence-electron chi connectivity index (χ3n) is 3.49. The van der Waals surface area contributed by atoms with Crippen LogP contribution in [0.5, 0.6) is 0 Å². The largest absolute Gasteiger partial charge is 0.388 e. The van der Waals surface area contributed by atoms with E-state index in [0.29, 0.717) is 12.5 Å². The molecule has 2 rings (SSSR count). The first-order chi connectivity index (χ1) is 8.04. The van der Waals surface area contributed by atoms with Gasteiger partial charge in [-0.3, -0.25) is 0 Å². The number of rotatable bonds is 3. The maximum Gasteiger partial charge on any atom is 0.133 e. The van der Waals surface area contributed by atoms with Gasteiger partial charge >= 0.3 is 0 Å². The molecule has 4 nitrogen and oxygen atoms in total. The van der Waals surface area contributed by atoms with Gasteiger partial charge in [-0.1, -0.05) is 20.8 Å². The molecule has 1 aromatic rings. The molecule has 17 heavy (non-hydrogen) atoms. The normalized spacial score (nSPS) is 24.6. The molecule has 1 N–H and O–H groups in total. The van der Waals surface area contributed by atoms with E-state index in [1.54, 1.807) is 6.20 Å². The van der Waals surface area contributed by atoms with Gasteiger partial charge in [-0.15, -0.1) is 0 Å². The van der Waals surface area contributed by atoms with Crippen molar-refractivity contribution >= 4 is 5.82 Å². The van der Waals surface area contributed by atoms with Crippen LogP contribution in [-0.2, 0) is 0 Å². The average molecular weight is 235 g/mol. The van der Waals surface area contributed by atoms with Crippen molar-refractivity contribution in [3.8, 4) is 0 Å². The minimum absolute atomic E-state index is 0.336. The van der Waals surface area contributed by atoms with Crippen molar-refractivity contribution in [2.75, 3.05) is 18.0 Å². The van der Waals surface area contributed by atoms with E-state index in [1.165, 1.54) is 0 Å². The summed E-state index contributed by atoms with van der Waals surface area (Å²) in [5.74, 6) is 2.14. The zero-order valence-corrected chi connectivity index (χ0v) is 10.8. The Kier molecular flexibility index (Phi) is 3.33. The summed E-state index contributed by atoms with van der Waals surface area (Å²) in [6, 6.07) is 1.92. The van der Waals surface area contributed by atoms with Crippen molar-refractivity contribution in [3.63, 3.8) is 0 Å². The maximum absolute atomic E-state index is 10.2. The minimum atomic E-state index is -0.539. The molecule has 0 radical (unpaired) electrons. The highest BCUT2D eigenvalue weighted by Crippen LogP contribution is 2.28. The first-order valence-electron chi connectivity index (χ1n) is 6.34. The number of aliphatic hydroxyl groups is 1. The van der Waals surface area contributed by atoms with Crippen LogP contribution in [-0.4, -0.2) is 33.8 Å². The summed E-state index contributed by atoms with van der Waals surface area (Å²) in [7, 11) is 0. The molecule has 0 saturated carbocycles. The molecule has 0 spiro atoms. The van der Waals surface area contributed by atoms with Gasteiger partial charge in [0.05, 0.1) is 5.60 Å². The zero-order valence-electron chi connectivity index (χ0n) is 10.8. The molecular weight excluding hydrogens is 214 g/mol. The maximum atomic E-state index is 10.2. The van der Waals surface area contributed by atoms with Crippen LogP contribution in [0.3, 0.4) is 0 Å². The SMILES string of the molecule is CCC1(O)CCN(c2ccnc(C(C)C)n2)C1. The minimum Gasteiger partial charge on any atom is -0.388 e. The molecule has 0 amide bonds. The molecule has 2 heterocycles. The van der Waals surface area contributed by atoms with Crippen molar-refractivity contribution in [2.24, 2.45) is 0 Å². The Morgan fingerprint density at radius 1 is 1.53 bits per heavy atom. The van der Waals surface area contributed by atoms with E-state index in [9.17, 15) is 5.11 Å². The topological polar surface area (TPSA) is 49.2 Å². The number of hydrogen-bond acceptors (Lipinski definition) is 4. The highest BCUT2D eigenvalue weighted by atomic mass is 16.3. The van der Waals surface area contributed by atoms with Crippen LogP contribution in [0, 0.1) is 0 Å². The van der Waals surface area contributed by atoms with Gasteiger partial charge in [0.25, 0.3) is 0 Å². The quantitative estimate of drug-likeness (QED) is 0.870. The third-order valence-corrected chi connectivity index (χ3v) is 3.49. The fourth-order valence-corrected chi connectivity index (χ4v) is 2.16. The average Bonchev–Trinajstić information content (AvgIpc) is 2.73. The Labute approximate surface area is 103 Å². The summed E-state index contributed by atoms with van der Waals surface area (Å²) >= 11 is 0. The van der Waals surface area contributed by atoms with E-state index < -0.39 is 5.60 Å². The van der Waals surface area contributed by atoms with E-state index >= 15 is 0 Å². The highest BCUT2D eigenvalue weighted by molar-refractivity contribution is 5.40. The zero-order chi connectivity index (χ0) is 12.5. The number of β-amino-alcohol motifs (C(OH)–C–C–N with tert-alkyl or cyclic N) is 1. The van der Waals surface area contributed by atoms with Crippen molar-refractivity contribution in [1.29, 1.82) is 0 Å². The highest BCUT2D eigenvalue weighted by Gasteiger charge is 2.34. The van der Waals surface area contributed by atoms with E-state index in [1.807, 2.05) is 13.0 Å².